The van der Waals surface area contributed by atoms with Crippen LogP contribution < -0.4 is 5.32 Å². The van der Waals surface area contributed by atoms with E-state index in [1.54, 1.807) is 0 Å². The first-order valence-corrected chi connectivity index (χ1v) is 5.68. The number of benzene rings is 1. The Balaban J connectivity index is 2.55. The summed E-state index contributed by atoms with van der Waals surface area (Å²) >= 11 is 5.48. The smallest absolute Gasteiger partial charge is 0.0847 e. The average Bonchev–Trinajstić information content (AvgIpc) is 2.35. The standard InChI is InChI=1S/C12H15ClN2O/c1-9(7-14)10-2-4-11(5-3-10)15-8-12(16)6-13/h2-5,9,12,15-16H,6,8H2,1H3. The molecule has 1 aromatic carbocycles. The second-order valence-electron chi connectivity index (χ2n) is 3.66. The van der Waals surface area contributed by atoms with E-state index in [-0.39, 0.29) is 11.8 Å². The van der Waals surface area contributed by atoms with Crippen LogP contribution in [0.25, 0.3) is 0 Å². The summed E-state index contributed by atoms with van der Waals surface area (Å²) in [6.07, 6.45) is -0.542. The molecule has 0 aliphatic heterocycles. The average molecular weight is 239 g/mol. The SMILES string of the molecule is CC(C#N)c1ccc(NCC(O)CCl)cc1. The van der Waals surface area contributed by atoms with Gasteiger partial charge in [-0.3, -0.25) is 0 Å². The van der Waals surface area contributed by atoms with Gasteiger partial charge in [-0.15, -0.1) is 11.6 Å². The van der Waals surface area contributed by atoms with Gasteiger partial charge >= 0.3 is 0 Å². The number of aliphatic hydroxyl groups excluding tert-OH is 1. The van der Waals surface area contributed by atoms with Gasteiger partial charge in [-0.25, -0.2) is 0 Å². The Bertz CT molecular complexity index is 358. The number of anilines is 1. The summed E-state index contributed by atoms with van der Waals surface area (Å²) in [4.78, 5) is 0. The number of nitriles is 1. The number of hydrogen-bond acceptors (Lipinski definition) is 3. The molecule has 0 radical (unpaired) electrons. The van der Waals surface area contributed by atoms with Gasteiger partial charge in [0.25, 0.3) is 0 Å². The van der Waals surface area contributed by atoms with Crippen molar-refractivity contribution in [1.29, 1.82) is 5.26 Å². The van der Waals surface area contributed by atoms with Crippen molar-refractivity contribution in [2.24, 2.45) is 0 Å². The van der Waals surface area contributed by atoms with Crippen molar-refractivity contribution in [3.05, 3.63) is 29.8 Å². The number of nitrogens with one attached hydrogen (secondary N) is 1. The summed E-state index contributed by atoms with van der Waals surface area (Å²) in [5.41, 5.74) is 1.91. The van der Waals surface area contributed by atoms with Crippen LogP contribution in [0.1, 0.15) is 18.4 Å². The third-order valence-corrected chi connectivity index (χ3v) is 2.68. The van der Waals surface area contributed by atoms with Gasteiger partial charge in [0, 0.05) is 12.2 Å². The first-order valence-electron chi connectivity index (χ1n) is 5.15. The van der Waals surface area contributed by atoms with Crippen LogP contribution in [0.2, 0.25) is 0 Å². The maximum Gasteiger partial charge on any atom is 0.0847 e. The number of rotatable bonds is 5. The third kappa shape index (κ3) is 3.73. The van der Waals surface area contributed by atoms with E-state index >= 15 is 0 Å². The molecule has 2 N–H and O–H groups in total. The van der Waals surface area contributed by atoms with Gasteiger partial charge in [-0.2, -0.15) is 5.26 Å². The van der Waals surface area contributed by atoms with Crippen LogP contribution >= 0.6 is 11.6 Å². The Morgan fingerprint density at radius 3 is 2.56 bits per heavy atom. The first kappa shape index (κ1) is 12.8. The fourth-order valence-corrected chi connectivity index (χ4v) is 1.36. The lowest BCUT2D eigenvalue weighted by atomic mass is 10.0. The Kier molecular flexibility index (Phi) is 5.10. The molecule has 2 atom stereocenters. The van der Waals surface area contributed by atoms with Crippen LogP contribution in [0.5, 0.6) is 0 Å². The summed E-state index contributed by atoms with van der Waals surface area (Å²) in [5, 5.41) is 21.1. The highest BCUT2D eigenvalue weighted by Crippen LogP contribution is 2.17. The van der Waals surface area contributed by atoms with E-state index in [1.807, 2.05) is 31.2 Å². The van der Waals surface area contributed by atoms with Crippen molar-refractivity contribution in [3.63, 3.8) is 0 Å². The van der Waals surface area contributed by atoms with Gasteiger partial charge in [-0.05, 0) is 24.6 Å². The molecule has 4 heteroatoms. The van der Waals surface area contributed by atoms with E-state index in [9.17, 15) is 5.11 Å². The van der Waals surface area contributed by atoms with E-state index in [0.717, 1.165) is 11.3 Å². The minimum atomic E-state index is -0.542. The Labute approximate surface area is 101 Å². The highest BCUT2D eigenvalue weighted by molar-refractivity contribution is 6.18. The van der Waals surface area contributed by atoms with Crippen molar-refractivity contribution in [1.82, 2.24) is 0 Å². The predicted molar refractivity (Wildman–Crippen MR) is 65.7 cm³/mol. The molecule has 0 aliphatic rings. The molecule has 1 aromatic rings. The predicted octanol–water partition coefficient (Wildman–Crippen LogP) is 2.33. The zero-order valence-electron chi connectivity index (χ0n) is 9.15. The second kappa shape index (κ2) is 6.37. The molecule has 2 unspecified atom stereocenters. The molecule has 0 amide bonds. The van der Waals surface area contributed by atoms with Gasteiger partial charge in [0.2, 0.25) is 0 Å². The lowest BCUT2D eigenvalue weighted by Crippen LogP contribution is -2.20. The largest absolute Gasteiger partial charge is 0.390 e. The Morgan fingerprint density at radius 1 is 1.44 bits per heavy atom. The van der Waals surface area contributed by atoms with Crippen molar-refractivity contribution in [2.75, 3.05) is 17.7 Å². The number of nitrogens with zero attached hydrogens (tertiary/aromatic N) is 1. The molecule has 86 valence electrons. The highest BCUT2D eigenvalue weighted by Gasteiger charge is 2.04. The quantitative estimate of drug-likeness (QED) is 0.775. The van der Waals surface area contributed by atoms with Crippen LogP contribution in [-0.4, -0.2) is 23.6 Å². The summed E-state index contributed by atoms with van der Waals surface area (Å²) in [7, 11) is 0. The molecule has 0 saturated carbocycles. The maximum atomic E-state index is 9.26. The minimum absolute atomic E-state index is 0.0949. The molecule has 3 nitrogen and oxygen atoms in total. The topological polar surface area (TPSA) is 56.0 Å². The molecule has 0 bridgehead atoms. The van der Waals surface area contributed by atoms with Crippen LogP contribution in [0.3, 0.4) is 0 Å². The summed E-state index contributed by atoms with van der Waals surface area (Å²) in [5.74, 6) is 0.124. The van der Waals surface area contributed by atoms with E-state index < -0.39 is 6.10 Å². The van der Waals surface area contributed by atoms with Gasteiger partial charge in [0.05, 0.1) is 24.0 Å². The fraction of sp³-hybridized carbons (Fsp3) is 0.417. The van der Waals surface area contributed by atoms with Crippen LogP contribution in [0, 0.1) is 11.3 Å². The number of halogens is 1. The maximum absolute atomic E-state index is 9.26. The molecule has 16 heavy (non-hydrogen) atoms. The zero-order valence-corrected chi connectivity index (χ0v) is 9.91. The second-order valence-corrected chi connectivity index (χ2v) is 3.97. The lowest BCUT2D eigenvalue weighted by molar-refractivity contribution is 0.211. The van der Waals surface area contributed by atoms with E-state index in [1.165, 1.54) is 0 Å². The van der Waals surface area contributed by atoms with Gasteiger partial charge in [0.1, 0.15) is 0 Å². The molecular formula is C12H15ClN2O. The van der Waals surface area contributed by atoms with Crippen molar-refractivity contribution in [2.45, 2.75) is 18.9 Å². The molecule has 0 saturated heterocycles. The number of hydrogen-bond donors (Lipinski definition) is 2. The molecule has 0 aromatic heterocycles. The normalized spacial score (nSPS) is 13.9. The van der Waals surface area contributed by atoms with E-state index in [4.69, 9.17) is 16.9 Å². The molecule has 0 aliphatic carbocycles. The van der Waals surface area contributed by atoms with Crippen molar-refractivity contribution in [3.8, 4) is 6.07 Å². The minimum Gasteiger partial charge on any atom is -0.390 e. The Morgan fingerprint density at radius 2 is 2.06 bits per heavy atom. The summed E-state index contributed by atoms with van der Waals surface area (Å²) in [6, 6.07) is 9.78. The molecular weight excluding hydrogens is 224 g/mol. The third-order valence-electron chi connectivity index (χ3n) is 2.32. The van der Waals surface area contributed by atoms with Crippen LogP contribution in [-0.2, 0) is 0 Å². The zero-order chi connectivity index (χ0) is 12.0. The van der Waals surface area contributed by atoms with Crippen molar-refractivity contribution >= 4 is 17.3 Å². The van der Waals surface area contributed by atoms with Gasteiger partial charge in [0.15, 0.2) is 0 Å². The van der Waals surface area contributed by atoms with E-state index in [2.05, 4.69) is 11.4 Å². The molecule has 0 spiro atoms. The highest BCUT2D eigenvalue weighted by atomic mass is 35.5. The lowest BCUT2D eigenvalue weighted by Gasteiger charge is -2.10. The fourth-order valence-electron chi connectivity index (χ4n) is 1.25. The first-order chi connectivity index (χ1) is 7.67. The summed E-state index contributed by atoms with van der Waals surface area (Å²) < 4.78 is 0. The summed E-state index contributed by atoms with van der Waals surface area (Å²) in [6.45, 7) is 2.29. The van der Waals surface area contributed by atoms with Gasteiger partial charge in [-0.1, -0.05) is 12.1 Å². The molecule has 0 heterocycles. The molecule has 1 rings (SSSR count). The number of alkyl halides is 1. The number of aliphatic hydroxyl groups is 1. The Hall–Kier alpha value is -1.24. The monoisotopic (exact) mass is 238 g/mol. The van der Waals surface area contributed by atoms with E-state index in [0.29, 0.717) is 6.54 Å². The van der Waals surface area contributed by atoms with Crippen LogP contribution in [0.15, 0.2) is 24.3 Å². The van der Waals surface area contributed by atoms with Crippen molar-refractivity contribution < 1.29 is 5.11 Å². The van der Waals surface area contributed by atoms with Crippen LogP contribution in [0.4, 0.5) is 5.69 Å². The molecule has 0 fully saturated rings. The van der Waals surface area contributed by atoms with Gasteiger partial charge < -0.3 is 10.4 Å².